The van der Waals surface area contributed by atoms with E-state index in [1.807, 2.05) is 0 Å². The van der Waals surface area contributed by atoms with Gasteiger partial charge >= 0.3 is 17.8 Å². The predicted molar refractivity (Wildman–Crippen MR) is 77.0 cm³/mol. The van der Waals surface area contributed by atoms with Crippen LogP contribution in [0.3, 0.4) is 0 Å². The summed E-state index contributed by atoms with van der Waals surface area (Å²) in [5.74, 6) is -2.62. The van der Waals surface area contributed by atoms with Crippen LogP contribution in [0, 0.1) is 0 Å². The van der Waals surface area contributed by atoms with Gasteiger partial charge in [0.2, 0.25) is 5.91 Å². The Balaban J connectivity index is 2.09. The minimum Gasteiger partial charge on any atom is -0.322 e. The maximum Gasteiger partial charge on any atom is 0.334 e. The van der Waals surface area contributed by atoms with Crippen molar-refractivity contribution < 1.29 is 19.2 Å². The molecule has 5 amide bonds. The van der Waals surface area contributed by atoms with Gasteiger partial charge in [-0.25, -0.2) is 14.7 Å². The summed E-state index contributed by atoms with van der Waals surface area (Å²) in [5.41, 5.74) is 0.250. The topological polar surface area (TPSA) is 99.7 Å². The standard InChI is InChI=1S/C13H13ClN4O4/c1-7(2)18-12(21)11(20)17(13(18)22)6-9(19)16-8-4-3-5-15-10(8)14/h3-5,7H,6H2,1-2H3,(H,16,19). The molecule has 0 atom stereocenters. The van der Waals surface area contributed by atoms with Crippen molar-refractivity contribution in [1.82, 2.24) is 14.8 Å². The van der Waals surface area contributed by atoms with Crippen LogP contribution in [0.25, 0.3) is 0 Å². The SMILES string of the molecule is CC(C)N1C(=O)C(=O)N(CC(=O)Nc2cccnc2Cl)C1=O. The van der Waals surface area contributed by atoms with Crippen molar-refractivity contribution in [2.24, 2.45) is 0 Å². The van der Waals surface area contributed by atoms with E-state index < -0.39 is 36.3 Å². The number of rotatable bonds is 4. The Labute approximate surface area is 131 Å². The minimum absolute atomic E-state index is 0.0785. The van der Waals surface area contributed by atoms with Gasteiger partial charge in [-0.1, -0.05) is 11.6 Å². The first-order valence-corrected chi connectivity index (χ1v) is 6.80. The molecule has 0 saturated carbocycles. The molecule has 1 fully saturated rings. The molecule has 9 heteroatoms. The number of hydrogen-bond donors (Lipinski definition) is 1. The van der Waals surface area contributed by atoms with E-state index in [0.717, 1.165) is 4.90 Å². The molecule has 22 heavy (non-hydrogen) atoms. The Morgan fingerprint density at radius 3 is 2.55 bits per heavy atom. The molecule has 0 aromatic carbocycles. The Morgan fingerprint density at radius 1 is 1.32 bits per heavy atom. The average Bonchev–Trinajstić information content (AvgIpc) is 2.65. The third-order valence-corrected chi connectivity index (χ3v) is 3.24. The van der Waals surface area contributed by atoms with Crippen molar-refractivity contribution in [2.75, 3.05) is 11.9 Å². The van der Waals surface area contributed by atoms with Gasteiger partial charge in [0.05, 0.1) is 5.69 Å². The van der Waals surface area contributed by atoms with Crippen LogP contribution in [-0.2, 0) is 14.4 Å². The summed E-state index contributed by atoms with van der Waals surface area (Å²) < 4.78 is 0. The van der Waals surface area contributed by atoms with Crippen LogP contribution >= 0.6 is 11.6 Å². The van der Waals surface area contributed by atoms with Crippen molar-refractivity contribution in [3.63, 3.8) is 0 Å². The summed E-state index contributed by atoms with van der Waals surface area (Å²) in [6, 6.07) is 1.81. The molecule has 0 aliphatic carbocycles. The Bertz CT molecular complexity index is 661. The second-order valence-electron chi connectivity index (χ2n) is 4.83. The van der Waals surface area contributed by atoms with Crippen LogP contribution in [0.2, 0.25) is 5.15 Å². The molecule has 1 aromatic heterocycles. The first-order valence-electron chi connectivity index (χ1n) is 6.42. The molecule has 8 nitrogen and oxygen atoms in total. The summed E-state index contributed by atoms with van der Waals surface area (Å²) in [7, 11) is 0. The molecule has 1 N–H and O–H groups in total. The number of anilines is 1. The third kappa shape index (κ3) is 2.91. The highest BCUT2D eigenvalue weighted by atomic mass is 35.5. The molecule has 1 aliphatic heterocycles. The van der Waals surface area contributed by atoms with Gasteiger partial charge in [-0.05, 0) is 26.0 Å². The number of halogens is 1. The lowest BCUT2D eigenvalue weighted by molar-refractivity contribution is -0.144. The maximum absolute atomic E-state index is 12.0. The number of imide groups is 2. The summed E-state index contributed by atoms with van der Waals surface area (Å²) >= 11 is 5.79. The van der Waals surface area contributed by atoms with Crippen molar-refractivity contribution >= 4 is 41.0 Å². The number of urea groups is 1. The van der Waals surface area contributed by atoms with Gasteiger partial charge in [0.25, 0.3) is 0 Å². The number of amides is 5. The van der Waals surface area contributed by atoms with E-state index in [0.29, 0.717) is 4.90 Å². The number of aromatic nitrogens is 1. The lowest BCUT2D eigenvalue weighted by Gasteiger charge is -2.18. The zero-order chi connectivity index (χ0) is 16.4. The van der Waals surface area contributed by atoms with E-state index in [1.54, 1.807) is 19.9 Å². The number of carbonyl (C=O) groups is 4. The third-order valence-electron chi connectivity index (χ3n) is 2.94. The highest BCUT2D eigenvalue weighted by Crippen LogP contribution is 2.18. The fraction of sp³-hybridized carbons (Fsp3) is 0.308. The van der Waals surface area contributed by atoms with Gasteiger partial charge in [0.1, 0.15) is 6.54 Å². The molecular weight excluding hydrogens is 312 g/mol. The van der Waals surface area contributed by atoms with Gasteiger partial charge < -0.3 is 5.32 Å². The lowest BCUT2D eigenvalue weighted by Crippen LogP contribution is -2.40. The molecule has 116 valence electrons. The van der Waals surface area contributed by atoms with E-state index >= 15 is 0 Å². The number of pyridine rings is 1. The molecule has 2 rings (SSSR count). The first kappa shape index (κ1) is 15.9. The normalized spacial score (nSPS) is 15.0. The molecule has 0 radical (unpaired) electrons. The molecule has 1 aliphatic rings. The molecular formula is C13H13ClN4O4. The molecule has 1 aromatic rings. The van der Waals surface area contributed by atoms with E-state index in [4.69, 9.17) is 11.6 Å². The quantitative estimate of drug-likeness (QED) is 0.503. The van der Waals surface area contributed by atoms with Crippen molar-refractivity contribution in [3.05, 3.63) is 23.5 Å². The summed E-state index contributed by atoms with van der Waals surface area (Å²) in [4.78, 5) is 52.6. The van der Waals surface area contributed by atoms with Gasteiger partial charge in [-0.2, -0.15) is 0 Å². The number of hydrogen-bond acceptors (Lipinski definition) is 5. The van der Waals surface area contributed by atoms with Crippen LogP contribution in [0.4, 0.5) is 10.5 Å². The number of carbonyl (C=O) groups excluding carboxylic acids is 4. The van der Waals surface area contributed by atoms with Crippen molar-refractivity contribution in [1.29, 1.82) is 0 Å². The van der Waals surface area contributed by atoms with Crippen LogP contribution in [0.5, 0.6) is 0 Å². The molecule has 0 bridgehead atoms. The Morgan fingerprint density at radius 2 is 2.00 bits per heavy atom. The summed E-state index contributed by atoms with van der Waals surface area (Å²) in [6.07, 6.45) is 1.45. The van der Waals surface area contributed by atoms with Crippen molar-refractivity contribution in [3.8, 4) is 0 Å². The van der Waals surface area contributed by atoms with E-state index in [1.165, 1.54) is 12.3 Å². The van der Waals surface area contributed by atoms with Crippen molar-refractivity contribution in [2.45, 2.75) is 19.9 Å². The second-order valence-corrected chi connectivity index (χ2v) is 5.19. The Hall–Kier alpha value is -2.48. The summed E-state index contributed by atoms with van der Waals surface area (Å²) in [6.45, 7) is 2.63. The zero-order valence-corrected chi connectivity index (χ0v) is 12.6. The molecule has 2 heterocycles. The predicted octanol–water partition coefficient (Wildman–Crippen LogP) is 0.873. The van der Waals surface area contributed by atoms with E-state index in [9.17, 15) is 19.2 Å². The van der Waals surface area contributed by atoms with Crippen LogP contribution < -0.4 is 5.32 Å². The van der Waals surface area contributed by atoms with E-state index in [-0.39, 0.29) is 10.8 Å². The first-order chi connectivity index (χ1) is 10.3. The molecule has 1 saturated heterocycles. The fourth-order valence-corrected chi connectivity index (χ4v) is 2.10. The maximum atomic E-state index is 12.0. The Kier molecular flexibility index (Phi) is 4.41. The van der Waals surface area contributed by atoms with E-state index in [2.05, 4.69) is 10.3 Å². The second kappa shape index (κ2) is 6.10. The van der Waals surface area contributed by atoms with Gasteiger partial charge in [0.15, 0.2) is 5.15 Å². The monoisotopic (exact) mass is 324 g/mol. The van der Waals surface area contributed by atoms with Gasteiger partial charge in [-0.15, -0.1) is 0 Å². The highest BCUT2D eigenvalue weighted by molar-refractivity contribution is 6.45. The highest BCUT2D eigenvalue weighted by Gasteiger charge is 2.46. The average molecular weight is 325 g/mol. The van der Waals surface area contributed by atoms with Crippen LogP contribution in [0.1, 0.15) is 13.8 Å². The van der Waals surface area contributed by atoms with Crippen LogP contribution in [-0.4, -0.2) is 51.1 Å². The number of nitrogens with zero attached hydrogens (tertiary/aromatic N) is 3. The summed E-state index contributed by atoms with van der Waals surface area (Å²) in [5, 5.41) is 2.51. The zero-order valence-electron chi connectivity index (χ0n) is 11.9. The number of nitrogens with one attached hydrogen (secondary N) is 1. The van der Waals surface area contributed by atoms with Crippen LogP contribution in [0.15, 0.2) is 18.3 Å². The largest absolute Gasteiger partial charge is 0.334 e. The lowest BCUT2D eigenvalue weighted by atomic mass is 10.3. The molecule has 0 unspecified atom stereocenters. The van der Waals surface area contributed by atoms with Gasteiger partial charge in [0, 0.05) is 12.2 Å². The minimum atomic E-state index is -1.02. The van der Waals surface area contributed by atoms with Gasteiger partial charge in [-0.3, -0.25) is 19.3 Å². The molecule has 0 spiro atoms. The fourth-order valence-electron chi connectivity index (χ4n) is 1.93. The smallest absolute Gasteiger partial charge is 0.322 e.